The van der Waals surface area contributed by atoms with Crippen molar-refractivity contribution in [1.29, 1.82) is 0 Å². The van der Waals surface area contributed by atoms with Crippen LogP contribution in [0.5, 0.6) is 0 Å². The molecule has 1 fully saturated rings. The van der Waals surface area contributed by atoms with Crippen molar-refractivity contribution in [2.24, 2.45) is 5.41 Å². The number of anilines is 1. The zero-order valence-electron chi connectivity index (χ0n) is 14.2. The van der Waals surface area contributed by atoms with Gasteiger partial charge in [0.1, 0.15) is 0 Å². The molecule has 1 aliphatic rings. The molecule has 0 spiro atoms. The number of amides is 1. The molecule has 6 heteroatoms. The molecule has 2 heterocycles. The van der Waals surface area contributed by atoms with Gasteiger partial charge in [-0.1, -0.05) is 11.6 Å². The van der Waals surface area contributed by atoms with Crippen LogP contribution in [0, 0.1) is 5.41 Å². The first-order valence-electron chi connectivity index (χ1n) is 8.03. The lowest BCUT2D eigenvalue weighted by molar-refractivity contribution is 0.0283. The molecule has 1 aliphatic heterocycles. The lowest BCUT2D eigenvalue weighted by Gasteiger charge is -2.41. The average Bonchev–Trinajstić information content (AvgIpc) is 2.59. The minimum Gasteiger partial charge on any atom is -0.396 e. The summed E-state index contributed by atoms with van der Waals surface area (Å²) in [4.78, 5) is 22.7. The number of hydrogen-bond donors (Lipinski definition) is 2. The molecule has 0 aliphatic carbocycles. The van der Waals surface area contributed by atoms with Crippen molar-refractivity contribution in [3.05, 3.63) is 29.6 Å². The Morgan fingerprint density at radius 2 is 2.13 bits per heavy atom. The van der Waals surface area contributed by atoms with Crippen molar-refractivity contribution < 1.29 is 9.90 Å². The molecule has 0 radical (unpaired) electrons. The summed E-state index contributed by atoms with van der Waals surface area (Å²) in [5.74, 6) is 0.427. The maximum absolute atomic E-state index is 12.7. The Kier molecular flexibility index (Phi) is 5.71. The zero-order valence-corrected chi connectivity index (χ0v) is 14.2. The Labute approximate surface area is 137 Å². The van der Waals surface area contributed by atoms with Crippen molar-refractivity contribution in [3.8, 4) is 0 Å². The first-order chi connectivity index (χ1) is 11.0. The number of hydrogen-bond acceptors (Lipinski definition) is 5. The molecule has 1 amide bonds. The van der Waals surface area contributed by atoms with Crippen molar-refractivity contribution >= 4 is 11.9 Å². The molecule has 1 atom stereocenters. The lowest BCUT2D eigenvalue weighted by Crippen LogP contribution is -2.47. The minimum absolute atomic E-state index is 0.0672. The summed E-state index contributed by atoms with van der Waals surface area (Å²) in [7, 11) is 1.74. The third-order valence-corrected chi connectivity index (χ3v) is 4.35. The summed E-state index contributed by atoms with van der Waals surface area (Å²) in [5.41, 5.74) is 1.48. The summed E-state index contributed by atoms with van der Waals surface area (Å²) in [6.45, 7) is 5.48. The Morgan fingerprint density at radius 3 is 2.70 bits per heavy atom. The number of aliphatic hydroxyl groups is 1. The van der Waals surface area contributed by atoms with Crippen LogP contribution in [0.15, 0.2) is 24.0 Å². The number of aromatic nitrogens is 2. The van der Waals surface area contributed by atoms with Crippen LogP contribution in [0.4, 0.5) is 5.95 Å². The molecule has 126 valence electrons. The van der Waals surface area contributed by atoms with Gasteiger partial charge in [0, 0.05) is 37.9 Å². The highest BCUT2D eigenvalue weighted by molar-refractivity contribution is 5.93. The highest BCUT2D eigenvalue weighted by Gasteiger charge is 2.36. The fourth-order valence-electron chi connectivity index (χ4n) is 2.91. The Hall–Kier alpha value is -1.95. The summed E-state index contributed by atoms with van der Waals surface area (Å²) in [6.07, 6.45) is 7.88. The molecule has 0 bridgehead atoms. The van der Waals surface area contributed by atoms with E-state index in [1.165, 1.54) is 5.57 Å². The van der Waals surface area contributed by atoms with Gasteiger partial charge in [-0.25, -0.2) is 9.97 Å². The van der Waals surface area contributed by atoms with Crippen molar-refractivity contribution in [1.82, 2.24) is 14.9 Å². The lowest BCUT2D eigenvalue weighted by atomic mass is 9.77. The smallest absolute Gasteiger partial charge is 0.257 e. The van der Waals surface area contributed by atoms with Crippen LogP contribution in [-0.2, 0) is 0 Å². The first kappa shape index (κ1) is 17.4. The number of nitrogens with one attached hydrogen (secondary N) is 1. The van der Waals surface area contributed by atoms with E-state index in [0.717, 1.165) is 19.3 Å². The standard InChI is InChI=1S/C17H26N4O2/c1-13(2)5-7-17(12-22)6-4-8-21(11-17)15(23)14-9-19-16(18-3)20-10-14/h5,9-10,22H,4,6-8,11-12H2,1-3H3,(H,18,19,20)/t17-/m0/s1. The summed E-state index contributed by atoms with van der Waals surface area (Å²) < 4.78 is 0. The molecule has 0 aromatic carbocycles. The summed E-state index contributed by atoms with van der Waals surface area (Å²) in [6, 6.07) is 0. The Balaban J connectivity index is 2.12. The predicted octanol–water partition coefficient (Wildman–Crippen LogP) is 2.09. The van der Waals surface area contributed by atoms with Crippen LogP contribution in [0.25, 0.3) is 0 Å². The first-order valence-corrected chi connectivity index (χ1v) is 8.03. The fraction of sp³-hybridized carbons (Fsp3) is 0.588. The average molecular weight is 318 g/mol. The van der Waals surface area contributed by atoms with E-state index in [-0.39, 0.29) is 17.9 Å². The van der Waals surface area contributed by atoms with Crippen LogP contribution >= 0.6 is 0 Å². The van der Waals surface area contributed by atoms with Crippen LogP contribution in [0.1, 0.15) is 43.5 Å². The molecule has 1 aromatic rings. The minimum atomic E-state index is -0.239. The Bertz CT molecular complexity index is 566. The SMILES string of the molecule is CNc1ncc(C(=O)N2CCC[C@](CO)(CC=C(C)C)C2)cn1. The molecule has 23 heavy (non-hydrogen) atoms. The van der Waals surface area contributed by atoms with Gasteiger partial charge in [-0.3, -0.25) is 4.79 Å². The Morgan fingerprint density at radius 1 is 1.43 bits per heavy atom. The maximum atomic E-state index is 12.7. The molecule has 1 aromatic heterocycles. The zero-order chi connectivity index (χ0) is 16.9. The number of aliphatic hydroxyl groups excluding tert-OH is 1. The highest BCUT2D eigenvalue weighted by Crippen LogP contribution is 2.34. The van der Waals surface area contributed by atoms with Gasteiger partial charge in [0.15, 0.2) is 0 Å². The van der Waals surface area contributed by atoms with Gasteiger partial charge in [-0.15, -0.1) is 0 Å². The van der Waals surface area contributed by atoms with Gasteiger partial charge in [0.25, 0.3) is 5.91 Å². The number of likely N-dealkylation sites (tertiary alicyclic amines) is 1. The van der Waals surface area contributed by atoms with Crippen LogP contribution in [-0.4, -0.2) is 52.6 Å². The monoisotopic (exact) mass is 318 g/mol. The number of carbonyl (C=O) groups excluding carboxylic acids is 1. The molecule has 6 nitrogen and oxygen atoms in total. The molecule has 0 unspecified atom stereocenters. The maximum Gasteiger partial charge on any atom is 0.257 e. The van der Waals surface area contributed by atoms with Gasteiger partial charge in [-0.2, -0.15) is 0 Å². The third kappa shape index (κ3) is 4.28. The topological polar surface area (TPSA) is 78.4 Å². The van der Waals surface area contributed by atoms with Crippen LogP contribution in [0.2, 0.25) is 0 Å². The van der Waals surface area contributed by atoms with Crippen molar-refractivity contribution in [3.63, 3.8) is 0 Å². The third-order valence-electron chi connectivity index (χ3n) is 4.35. The molecular weight excluding hydrogens is 292 g/mol. The van der Waals surface area contributed by atoms with Crippen LogP contribution < -0.4 is 5.32 Å². The predicted molar refractivity (Wildman–Crippen MR) is 90.3 cm³/mol. The summed E-state index contributed by atoms with van der Waals surface area (Å²) >= 11 is 0. The number of piperidine rings is 1. The van der Waals surface area contributed by atoms with E-state index in [1.807, 2.05) is 4.90 Å². The van der Waals surface area contributed by atoms with E-state index in [4.69, 9.17) is 0 Å². The van der Waals surface area contributed by atoms with E-state index in [9.17, 15) is 9.90 Å². The van der Waals surface area contributed by atoms with E-state index < -0.39 is 0 Å². The van der Waals surface area contributed by atoms with Gasteiger partial charge < -0.3 is 15.3 Å². The normalized spacial score (nSPS) is 21.0. The quantitative estimate of drug-likeness (QED) is 0.813. The van der Waals surface area contributed by atoms with Gasteiger partial charge >= 0.3 is 0 Å². The van der Waals surface area contributed by atoms with Crippen molar-refractivity contribution in [2.75, 3.05) is 32.1 Å². The molecule has 1 saturated heterocycles. The van der Waals surface area contributed by atoms with Crippen molar-refractivity contribution in [2.45, 2.75) is 33.1 Å². The van der Waals surface area contributed by atoms with E-state index >= 15 is 0 Å². The number of allylic oxidation sites excluding steroid dienone is 2. The number of nitrogens with zero attached hydrogens (tertiary/aromatic N) is 3. The molecule has 0 saturated carbocycles. The van der Waals surface area contributed by atoms with E-state index in [0.29, 0.717) is 24.6 Å². The summed E-state index contributed by atoms with van der Waals surface area (Å²) in [5, 5.41) is 12.7. The largest absolute Gasteiger partial charge is 0.396 e. The fourth-order valence-corrected chi connectivity index (χ4v) is 2.91. The second kappa shape index (κ2) is 7.55. The molecule has 2 rings (SSSR count). The van der Waals surface area contributed by atoms with Gasteiger partial charge in [0.05, 0.1) is 12.2 Å². The number of rotatable bonds is 5. The molecular formula is C17H26N4O2. The van der Waals surface area contributed by atoms with Gasteiger partial charge in [0.2, 0.25) is 5.95 Å². The van der Waals surface area contributed by atoms with Crippen LogP contribution in [0.3, 0.4) is 0 Å². The number of carbonyl (C=O) groups is 1. The van der Waals surface area contributed by atoms with E-state index in [1.54, 1.807) is 19.4 Å². The second-order valence-corrected chi connectivity index (χ2v) is 6.52. The molecule has 2 N–H and O–H groups in total. The van der Waals surface area contributed by atoms with E-state index in [2.05, 4.69) is 35.2 Å². The highest BCUT2D eigenvalue weighted by atomic mass is 16.3. The second-order valence-electron chi connectivity index (χ2n) is 6.52. The van der Waals surface area contributed by atoms with Gasteiger partial charge in [-0.05, 0) is 33.1 Å².